The second-order valence-corrected chi connectivity index (χ2v) is 6.15. The lowest BCUT2D eigenvalue weighted by Crippen LogP contribution is -2.34. The van der Waals surface area contributed by atoms with Crippen molar-refractivity contribution in [1.29, 1.82) is 0 Å². The van der Waals surface area contributed by atoms with Gasteiger partial charge in [0.2, 0.25) is 0 Å². The molecule has 0 amide bonds. The molecular formula is C14H19BrN2O. The molecule has 18 heavy (non-hydrogen) atoms. The van der Waals surface area contributed by atoms with Crippen LogP contribution in [0.3, 0.4) is 0 Å². The van der Waals surface area contributed by atoms with E-state index in [1.165, 1.54) is 0 Å². The molecule has 0 aromatic heterocycles. The fraction of sp³-hybridized carbons (Fsp3) is 0.500. The third-order valence-corrected chi connectivity index (χ3v) is 4.19. The predicted molar refractivity (Wildman–Crippen MR) is 78.4 cm³/mol. The van der Waals surface area contributed by atoms with Crippen molar-refractivity contribution in [2.75, 3.05) is 32.1 Å². The molecule has 1 aromatic rings. The van der Waals surface area contributed by atoms with Gasteiger partial charge in [0, 0.05) is 34.9 Å². The van der Waals surface area contributed by atoms with E-state index in [1.54, 1.807) is 0 Å². The second kappa shape index (κ2) is 5.41. The summed E-state index contributed by atoms with van der Waals surface area (Å²) in [6.07, 6.45) is 0.940. The van der Waals surface area contributed by atoms with Crippen LogP contribution in [-0.4, -0.2) is 44.4 Å². The fourth-order valence-corrected chi connectivity index (χ4v) is 3.06. The van der Waals surface area contributed by atoms with Crippen LogP contribution in [0.2, 0.25) is 0 Å². The molecule has 1 aliphatic heterocycles. The topological polar surface area (TPSA) is 23.6 Å². The molecule has 1 aliphatic rings. The first-order chi connectivity index (χ1) is 8.52. The molecule has 1 saturated heterocycles. The summed E-state index contributed by atoms with van der Waals surface area (Å²) in [5.74, 6) is 0.610. The average molecular weight is 311 g/mol. The molecule has 0 N–H and O–H groups in total. The summed E-state index contributed by atoms with van der Waals surface area (Å²) in [7, 11) is 4.23. The van der Waals surface area contributed by atoms with E-state index in [9.17, 15) is 4.79 Å². The molecule has 2 unspecified atom stereocenters. The first-order valence-electron chi connectivity index (χ1n) is 6.19. The minimum atomic E-state index is 0.545. The number of benzene rings is 1. The van der Waals surface area contributed by atoms with Gasteiger partial charge in [0.1, 0.15) is 0 Å². The highest BCUT2D eigenvalue weighted by atomic mass is 79.9. The van der Waals surface area contributed by atoms with Crippen LogP contribution in [0, 0.1) is 5.92 Å². The maximum absolute atomic E-state index is 11.1. The van der Waals surface area contributed by atoms with Crippen LogP contribution < -0.4 is 4.90 Å². The van der Waals surface area contributed by atoms with E-state index in [4.69, 9.17) is 0 Å². The van der Waals surface area contributed by atoms with E-state index >= 15 is 0 Å². The molecule has 1 aromatic carbocycles. The number of hydrogen-bond acceptors (Lipinski definition) is 3. The normalized spacial score (nSPS) is 23.7. The smallest absolute Gasteiger partial charge is 0.152 e. The number of hydrogen-bond donors (Lipinski definition) is 0. The Morgan fingerprint density at radius 3 is 2.67 bits per heavy atom. The zero-order valence-corrected chi connectivity index (χ0v) is 12.6. The summed E-state index contributed by atoms with van der Waals surface area (Å²) in [5.41, 5.74) is 1.81. The standard InChI is InChI=1S/C14H19BrN2O/c1-10-7-17(8-14(10)16(2)3)13-6-12(15)5-4-11(13)9-18/h4-6,9-10,14H,7-8H2,1-3H3. The summed E-state index contributed by atoms with van der Waals surface area (Å²) in [5, 5.41) is 0. The molecule has 0 saturated carbocycles. The Bertz CT molecular complexity index is 447. The quantitative estimate of drug-likeness (QED) is 0.802. The van der Waals surface area contributed by atoms with Crippen LogP contribution in [0.4, 0.5) is 5.69 Å². The fourth-order valence-electron chi connectivity index (χ4n) is 2.71. The van der Waals surface area contributed by atoms with Crippen LogP contribution in [-0.2, 0) is 0 Å². The molecule has 98 valence electrons. The van der Waals surface area contributed by atoms with E-state index < -0.39 is 0 Å². The minimum Gasteiger partial charge on any atom is -0.369 e. The number of aldehydes is 1. The second-order valence-electron chi connectivity index (χ2n) is 5.23. The third kappa shape index (κ3) is 2.59. The minimum absolute atomic E-state index is 0.545. The lowest BCUT2D eigenvalue weighted by Gasteiger charge is -2.23. The Labute approximate surface area is 117 Å². The Kier molecular flexibility index (Phi) is 4.07. The molecule has 4 heteroatoms. The van der Waals surface area contributed by atoms with Gasteiger partial charge >= 0.3 is 0 Å². The Balaban J connectivity index is 2.28. The van der Waals surface area contributed by atoms with Crippen molar-refractivity contribution in [2.24, 2.45) is 5.92 Å². The van der Waals surface area contributed by atoms with E-state index in [-0.39, 0.29) is 0 Å². The van der Waals surface area contributed by atoms with Gasteiger partial charge in [0.15, 0.2) is 6.29 Å². The van der Waals surface area contributed by atoms with E-state index in [0.29, 0.717) is 12.0 Å². The monoisotopic (exact) mass is 310 g/mol. The lowest BCUT2D eigenvalue weighted by atomic mass is 10.1. The van der Waals surface area contributed by atoms with Crippen molar-refractivity contribution in [1.82, 2.24) is 4.90 Å². The first-order valence-corrected chi connectivity index (χ1v) is 6.98. The molecular weight excluding hydrogens is 292 g/mol. The number of halogens is 1. The van der Waals surface area contributed by atoms with Gasteiger partial charge in [-0.15, -0.1) is 0 Å². The zero-order chi connectivity index (χ0) is 13.3. The largest absolute Gasteiger partial charge is 0.369 e. The van der Waals surface area contributed by atoms with Gasteiger partial charge in [0.25, 0.3) is 0 Å². The third-order valence-electron chi connectivity index (χ3n) is 3.70. The predicted octanol–water partition coefficient (Wildman–Crippen LogP) is 2.65. The molecule has 0 spiro atoms. The average Bonchev–Trinajstić information content (AvgIpc) is 2.71. The number of carbonyl (C=O) groups excluding carboxylic acids is 1. The van der Waals surface area contributed by atoms with Gasteiger partial charge in [-0.2, -0.15) is 0 Å². The van der Waals surface area contributed by atoms with Crippen molar-refractivity contribution in [3.8, 4) is 0 Å². The Morgan fingerprint density at radius 2 is 2.11 bits per heavy atom. The van der Waals surface area contributed by atoms with Crippen LogP contribution >= 0.6 is 15.9 Å². The SMILES string of the molecule is CC1CN(c2cc(Br)ccc2C=O)CC1N(C)C. The van der Waals surface area contributed by atoms with Crippen molar-refractivity contribution in [2.45, 2.75) is 13.0 Å². The summed E-state index contributed by atoms with van der Waals surface area (Å²) in [4.78, 5) is 15.7. The highest BCUT2D eigenvalue weighted by molar-refractivity contribution is 9.10. The van der Waals surface area contributed by atoms with E-state index in [1.807, 2.05) is 18.2 Å². The van der Waals surface area contributed by atoms with E-state index in [0.717, 1.165) is 35.1 Å². The summed E-state index contributed by atoms with van der Waals surface area (Å²) >= 11 is 3.48. The van der Waals surface area contributed by atoms with Gasteiger partial charge in [-0.3, -0.25) is 4.79 Å². The van der Waals surface area contributed by atoms with Crippen molar-refractivity contribution in [3.05, 3.63) is 28.2 Å². The molecule has 1 heterocycles. The van der Waals surface area contributed by atoms with Crippen LogP contribution in [0.5, 0.6) is 0 Å². The summed E-state index contributed by atoms with van der Waals surface area (Å²) in [6, 6.07) is 6.37. The Morgan fingerprint density at radius 1 is 1.39 bits per heavy atom. The van der Waals surface area contributed by atoms with Gasteiger partial charge in [0.05, 0.1) is 0 Å². The highest BCUT2D eigenvalue weighted by Crippen LogP contribution is 2.30. The number of likely N-dealkylation sites (N-methyl/N-ethyl adjacent to an activating group) is 1. The van der Waals surface area contributed by atoms with Crippen LogP contribution in [0.25, 0.3) is 0 Å². The molecule has 2 rings (SSSR count). The van der Waals surface area contributed by atoms with Crippen LogP contribution in [0.15, 0.2) is 22.7 Å². The van der Waals surface area contributed by atoms with Crippen LogP contribution in [0.1, 0.15) is 17.3 Å². The van der Waals surface area contributed by atoms with E-state index in [2.05, 4.69) is 46.7 Å². The van der Waals surface area contributed by atoms with Gasteiger partial charge in [-0.05, 0) is 38.2 Å². The number of anilines is 1. The number of rotatable bonds is 3. The summed E-state index contributed by atoms with van der Waals surface area (Å²) in [6.45, 7) is 4.24. The van der Waals surface area contributed by atoms with Crippen molar-refractivity contribution in [3.63, 3.8) is 0 Å². The molecule has 3 nitrogen and oxygen atoms in total. The molecule has 0 radical (unpaired) electrons. The first kappa shape index (κ1) is 13.6. The summed E-state index contributed by atoms with van der Waals surface area (Å²) < 4.78 is 1.02. The molecule has 0 aliphatic carbocycles. The molecule has 1 fully saturated rings. The van der Waals surface area contributed by atoms with Gasteiger partial charge < -0.3 is 9.80 Å². The number of carbonyl (C=O) groups is 1. The maximum atomic E-state index is 11.1. The van der Waals surface area contributed by atoms with Gasteiger partial charge in [-0.25, -0.2) is 0 Å². The molecule has 0 bridgehead atoms. The zero-order valence-electron chi connectivity index (χ0n) is 11.1. The van der Waals surface area contributed by atoms with Crippen molar-refractivity contribution < 1.29 is 4.79 Å². The van der Waals surface area contributed by atoms with Gasteiger partial charge in [-0.1, -0.05) is 22.9 Å². The lowest BCUT2D eigenvalue weighted by molar-refractivity contribution is 0.112. The maximum Gasteiger partial charge on any atom is 0.152 e. The van der Waals surface area contributed by atoms with Crippen molar-refractivity contribution >= 4 is 27.9 Å². The Hall–Kier alpha value is -0.870. The molecule has 2 atom stereocenters. The number of nitrogens with zero attached hydrogens (tertiary/aromatic N) is 2. The highest BCUT2D eigenvalue weighted by Gasteiger charge is 2.31.